The minimum Gasteiger partial charge on any atom is -0.326 e. The topological polar surface area (TPSA) is 29.3 Å². The second kappa shape index (κ2) is 4.47. The average Bonchev–Trinajstić information content (AvgIpc) is 2.43. The van der Waals surface area contributed by atoms with Crippen molar-refractivity contribution >= 4 is 15.9 Å². The Balaban J connectivity index is 2.07. The van der Waals surface area contributed by atoms with Gasteiger partial charge in [0.05, 0.1) is 0 Å². The van der Waals surface area contributed by atoms with E-state index in [9.17, 15) is 0 Å². The Labute approximate surface area is 106 Å². The van der Waals surface area contributed by atoms with Crippen molar-refractivity contribution in [1.29, 1.82) is 0 Å². The van der Waals surface area contributed by atoms with Crippen LogP contribution < -0.4 is 5.73 Å². The minimum absolute atomic E-state index is 0.229. The summed E-state index contributed by atoms with van der Waals surface area (Å²) in [5, 5.41) is 0. The van der Waals surface area contributed by atoms with Gasteiger partial charge in [-0.05, 0) is 38.0 Å². The molecule has 0 aliphatic carbocycles. The Kier molecular flexibility index (Phi) is 3.38. The lowest BCUT2D eigenvalue weighted by Gasteiger charge is -2.31. The Morgan fingerprint density at radius 2 is 2.00 bits per heavy atom. The molecule has 1 atom stereocenters. The minimum atomic E-state index is 0.229. The van der Waals surface area contributed by atoms with E-state index in [1.165, 1.54) is 5.56 Å². The average molecular weight is 283 g/mol. The molecule has 3 heteroatoms. The van der Waals surface area contributed by atoms with Crippen molar-refractivity contribution in [2.24, 2.45) is 5.73 Å². The van der Waals surface area contributed by atoms with Gasteiger partial charge in [0.2, 0.25) is 0 Å². The van der Waals surface area contributed by atoms with Gasteiger partial charge in [0.15, 0.2) is 0 Å². The van der Waals surface area contributed by atoms with E-state index in [2.05, 4.69) is 58.9 Å². The Hall–Kier alpha value is -0.380. The molecule has 1 aliphatic rings. The van der Waals surface area contributed by atoms with Crippen LogP contribution in [-0.4, -0.2) is 23.0 Å². The molecule has 0 amide bonds. The highest BCUT2D eigenvalue weighted by atomic mass is 79.9. The third-order valence-electron chi connectivity index (χ3n) is 3.36. The maximum absolute atomic E-state index is 6.03. The summed E-state index contributed by atoms with van der Waals surface area (Å²) in [4.78, 5) is 2.47. The van der Waals surface area contributed by atoms with Gasteiger partial charge >= 0.3 is 0 Å². The van der Waals surface area contributed by atoms with Crippen LogP contribution in [0.5, 0.6) is 0 Å². The SMILES string of the molecule is CC1(C)CC(N)CN1Cc1ccc(Br)cc1. The van der Waals surface area contributed by atoms with Gasteiger partial charge in [-0.15, -0.1) is 0 Å². The highest BCUT2D eigenvalue weighted by Gasteiger charge is 2.36. The molecule has 0 bridgehead atoms. The standard InChI is InChI=1S/C13H19BrN2/c1-13(2)7-12(15)9-16(13)8-10-3-5-11(14)6-4-10/h3-6,12H,7-9,15H2,1-2H3. The third kappa shape index (κ3) is 2.65. The molecule has 0 saturated carbocycles. The highest BCUT2D eigenvalue weighted by molar-refractivity contribution is 9.10. The largest absolute Gasteiger partial charge is 0.326 e. The molecule has 88 valence electrons. The summed E-state index contributed by atoms with van der Waals surface area (Å²) < 4.78 is 1.13. The first-order valence-corrected chi connectivity index (χ1v) is 6.52. The van der Waals surface area contributed by atoms with Crippen molar-refractivity contribution in [2.45, 2.75) is 38.4 Å². The molecule has 1 fully saturated rings. The summed E-state index contributed by atoms with van der Waals surface area (Å²) in [6.07, 6.45) is 1.09. The van der Waals surface area contributed by atoms with Crippen LogP contribution >= 0.6 is 15.9 Å². The van der Waals surface area contributed by atoms with Crippen molar-refractivity contribution in [1.82, 2.24) is 4.90 Å². The summed E-state index contributed by atoms with van der Waals surface area (Å²) in [5.41, 5.74) is 7.61. The molecule has 1 heterocycles. The van der Waals surface area contributed by atoms with Gasteiger partial charge in [-0.3, -0.25) is 4.90 Å². The van der Waals surface area contributed by atoms with Crippen LogP contribution in [0.4, 0.5) is 0 Å². The van der Waals surface area contributed by atoms with Crippen molar-refractivity contribution in [3.63, 3.8) is 0 Å². The Bertz CT molecular complexity index is 359. The molecule has 0 aromatic heterocycles. The van der Waals surface area contributed by atoms with Crippen LogP contribution in [0.2, 0.25) is 0 Å². The number of nitrogens with two attached hydrogens (primary N) is 1. The summed E-state index contributed by atoms with van der Waals surface area (Å²) in [7, 11) is 0. The van der Waals surface area contributed by atoms with E-state index in [1.54, 1.807) is 0 Å². The molecule has 1 aromatic carbocycles. The molecule has 0 radical (unpaired) electrons. The zero-order valence-electron chi connectivity index (χ0n) is 9.91. The normalized spacial score (nSPS) is 24.9. The van der Waals surface area contributed by atoms with E-state index in [4.69, 9.17) is 5.73 Å². The van der Waals surface area contributed by atoms with Crippen molar-refractivity contribution in [3.8, 4) is 0 Å². The third-order valence-corrected chi connectivity index (χ3v) is 3.89. The highest BCUT2D eigenvalue weighted by Crippen LogP contribution is 2.29. The molecular formula is C13H19BrN2. The van der Waals surface area contributed by atoms with Crippen LogP contribution in [0, 0.1) is 0 Å². The van der Waals surface area contributed by atoms with E-state index < -0.39 is 0 Å². The summed E-state index contributed by atoms with van der Waals surface area (Å²) >= 11 is 3.46. The number of hydrogen-bond acceptors (Lipinski definition) is 2. The lowest BCUT2D eigenvalue weighted by atomic mass is 10.0. The van der Waals surface area contributed by atoms with Crippen LogP contribution in [-0.2, 0) is 6.54 Å². The predicted octanol–water partition coefficient (Wildman–Crippen LogP) is 2.76. The fourth-order valence-corrected chi connectivity index (χ4v) is 2.72. The van der Waals surface area contributed by atoms with Gasteiger partial charge in [-0.2, -0.15) is 0 Å². The summed E-state index contributed by atoms with van der Waals surface area (Å²) in [6, 6.07) is 8.86. The number of likely N-dealkylation sites (tertiary alicyclic amines) is 1. The fraction of sp³-hybridized carbons (Fsp3) is 0.538. The number of halogens is 1. The van der Waals surface area contributed by atoms with Crippen molar-refractivity contribution in [2.75, 3.05) is 6.54 Å². The Morgan fingerprint density at radius 1 is 1.38 bits per heavy atom. The van der Waals surface area contributed by atoms with Gasteiger partial charge < -0.3 is 5.73 Å². The first-order chi connectivity index (χ1) is 7.47. The zero-order chi connectivity index (χ0) is 11.8. The fourth-order valence-electron chi connectivity index (χ4n) is 2.45. The van der Waals surface area contributed by atoms with E-state index in [-0.39, 0.29) is 5.54 Å². The molecule has 1 saturated heterocycles. The number of rotatable bonds is 2. The molecule has 1 unspecified atom stereocenters. The van der Waals surface area contributed by atoms with Crippen LogP contribution in [0.3, 0.4) is 0 Å². The molecule has 2 N–H and O–H groups in total. The molecule has 1 aliphatic heterocycles. The maximum atomic E-state index is 6.03. The van der Waals surface area contributed by atoms with Crippen LogP contribution in [0.25, 0.3) is 0 Å². The second-order valence-electron chi connectivity index (χ2n) is 5.28. The van der Waals surface area contributed by atoms with Crippen LogP contribution in [0.15, 0.2) is 28.7 Å². The van der Waals surface area contributed by atoms with Gasteiger partial charge in [0.25, 0.3) is 0 Å². The van der Waals surface area contributed by atoms with E-state index in [0.29, 0.717) is 6.04 Å². The zero-order valence-corrected chi connectivity index (χ0v) is 11.5. The maximum Gasteiger partial charge on any atom is 0.0239 e. The van der Waals surface area contributed by atoms with Gasteiger partial charge in [0, 0.05) is 29.1 Å². The monoisotopic (exact) mass is 282 g/mol. The lowest BCUT2D eigenvalue weighted by molar-refractivity contribution is 0.166. The van der Waals surface area contributed by atoms with E-state index in [0.717, 1.165) is 24.0 Å². The molecule has 16 heavy (non-hydrogen) atoms. The number of nitrogens with zero attached hydrogens (tertiary/aromatic N) is 1. The molecule has 0 spiro atoms. The van der Waals surface area contributed by atoms with Crippen molar-refractivity contribution < 1.29 is 0 Å². The first-order valence-electron chi connectivity index (χ1n) is 5.72. The number of hydrogen-bond donors (Lipinski definition) is 1. The first kappa shape index (κ1) is 12.1. The number of benzene rings is 1. The van der Waals surface area contributed by atoms with Gasteiger partial charge in [-0.25, -0.2) is 0 Å². The molecule has 2 nitrogen and oxygen atoms in total. The summed E-state index contributed by atoms with van der Waals surface area (Å²) in [5.74, 6) is 0. The second-order valence-corrected chi connectivity index (χ2v) is 6.20. The lowest BCUT2D eigenvalue weighted by Crippen LogP contribution is -2.37. The molecule has 2 rings (SSSR count). The van der Waals surface area contributed by atoms with Gasteiger partial charge in [0.1, 0.15) is 0 Å². The van der Waals surface area contributed by atoms with Gasteiger partial charge in [-0.1, -0.05) is 28.1 Å². The molecule has 1 aromatic rings. The van der Waals surface area contributed by atoms with Crippen molar-refractivity contribution in [3.05, 3.63) is 34.3 Å². The summed E-state index contributed by atoms with van der Waals surface area (Å²) in [6.45, 7) is 6.55. The van der Waals surface area contributed by atoms with E-state index >= 15 is 0 Å². The quantitative estimate of drug-likeness (QED) is 0.904. The molecular weight excluding hydrogens is 264 g/mol. The van der Waals surface area contributed by atoms with E-state index in [1.807, 2.05) is 0 Å². The smallest absolute Gasteiger partial charge is 0.0239 e. The van der Waals surface area contributed by atoms with Crippen LogP contribution in [0.1, 0.15) is 25.8 Å². The predicted molar refractivity (Wildman–Crippen MR) is 71.2 cm³/mol. The Morgan fingerprint density at radius 3 is 2.50 bits per heavy atom.